The number of nitro benzene ring substituents is 1. The molecule has 0 aliphatic carbocycles. The third-order valence-corrected chi connectivity index (χ3v) is 6.60. The zero-order valence-corrected chi connectivity index (χ0v) is 20.1. The van der Waals surface area contributed by atoms with Gasteiger partial charge in [0.15, 0.2) is 10.8 Å². The van der Waals surface area contributed by atoms with E-state index in [0.717, 1.165) is 36.5 Å². The molecule has 2 aromatic heterocycles. The zero-order valence-electron chi connectivity index (χ0n) is 18.6. The average Bonchev–Trinajstić information content (AvgIpc) is 3.25. The van der Waals surface area contributed by atoms with Crippen molar-refractivity contribution in [3.63, 3.8) is 0 Å². The Hall–Kier alpha value is -2.96. The Kier molecular flexibility index (Phi) is 7.80. The number of amides is 1. The molecule has 0 saturated carbocycles. The Morgan fingerprint density at radius 3 is 2.85 bits per heavy atom. The number of carbonyl (C=O) groups excluding carboxylic acids is 1. The van der Waals surface area contributed by atoms with E-state index in [1.54, 1.807) is 22.6 Å². The molecule has 3 heterocycles. The lowest BCUT2D eigenvalue weighted by Gasteiger charge is -2.28. The fourth-order valence-corrected chi connectivity index (χ4v) is 4.42. The van der Waals surface area contributed by atoms with Gasteiger partial charge >= 0.3 is 0 Å². The number of hydrogen-bond donors (Lipinski definition) is 1. The monoisotopic (exact) mass is 505 g/mol. The summed E-state index contributed by atoms with van der Waals surface area (Å²) in [4.78, 5) is 34.7. The number of carbonyl (C=O) groups is 1. The second-order valence-corrected chi connectivity index (χ2v) is 9.03. The van der Waals surface area contributed by atoms with E-state index in [1.807, 2.05) is 0 Å². The molecule has 34 heavy (non-hydrogen) atoms. The van der Waals surface area contributed by atoms with Gasteiger partial charge in [0.2, 0.25) is 0 Å². The van der Waals surface area contributed by atoms with Crippen LogP contribution in [0.3, 0.4) is 0 Å². The first-order valence-corrected chi connectivity index (χ1v) is 12.3. The quantitative estimate of drug-likeness (QED) is 0.202. The van der Waals surface area contributed by atoms with Crippen LogP contribution in [-0.2, 0) is 11.3 Å². The lowest BCUT2D eigenvalue weighted by molar-refractivity contribution is -0.384. The summed E-state index contributed by atoms with van der Waals surface area (Å²) in [6, 6.07) is 3.77. The van der Waals surface area contributed by atoms with Gasteiger partial charge in [0, 0.05) is 37.5 Å². The SMILES string of the molecule is CCCSc1nc(N2CCOCC2)c2cnn(CCNC(=O)c3cc([N+](=O)[O-])ccc3Cl)c2n1. The number of fused-ring (bicyclic) bond motifs is 1. The number of halogens is 1. The number of aromatic nitrogens is 4. The topological polar surface area (TPSA) is 128 Å². The molecule has 1 N–H and O–H groups in total. The van der Waals surface area contributed by atoms with E-state index < -0.39 is 10.8 Å². The Morgan fingerprint density at radius 2 is 2.12 bits per heavy atom. The van der Waals surface area contributed by atoms with Gasteiger partial charge in [0.05, 0.1) is 46.9 Å². The third-order valence-electron chi connectivity index (χ3n) is 5.22. The van der Waals surface area contributed by atoms with Crippen LogP contribution in [-0.4, -0.2) is 69.2 Å². The molecule has 180 valence electrons. The first kappa shape index (κ1) is 24.2. The van der Waals surface area contributed by atoms with E-state index >= 15 is 0 Å². The Labute approximate surface area is 205 Å². The number of rotatable bonds is 9. The summed E-state index contributed by atoms with van der Waals surface area (Å²) in [5.41, 5.74) is 0.547. The van der Waals surface area contributed by atoms with Crippen LogP contribution in [0, 0.1) is 10.1 Å². The van der Waals surface area contributed by atoms with E-state index in [1.165, 1.54) is 18.2 Å². The summed E-state index contributed by atoms with van der Waals surface area (Å²) in [6.45, 7) is 5.48. The lowest BCUT2D eigenvalue weighted by Crippen LogP contribution is -2.37. The molecule has 0 unspecified atom stereocenters. The Balaban J connectivity index is 1.52. The van der Waals surface area contributed by atoms with Crippen molar-refractivity contribution in [3.8, 4) is 0 Å². The van der Waals surface area contributed by atoms with Crippen LogP contribution in [0.4, 0.5) is 11.5 Å². The second-order valence-electron chi connectivity index (χ2n) is 7.56. The van der Waals surface area contributed by atoms with Gasteiger partial charge < -0.3 is 15.0 Å². The molecule has 4 rings (SSSR count). The van der Waals surface area contributed by atoms with Gasteiger partial charge in [-0.25, -0.2) is 14.6 Å². The minimum Gasteiger partial charge on any atom is -0.378 e. The molecule has 1 aliphatic rings. The predicted octanol–water partition coefficient (Wildman–Crippen LogP) is 3.16. The van der Waals surface area contributed by atoms with Crippen LogP contribution >= 0.6 is 23.4 Å². The highest BCUT2D eigenvalue weighted by molar-refractivity contribution is 7.99. The van der Waals surface area contributed by atoms with Crippen molar-refractivity contribution in [2.75, 3.05) is 43.5 Å². The van der Waals surface area contributed by atoms with Crippen LogP contribution in [0.15, 0.2) is 29.6 Å². The average molecular weight is 506 g/mol. The fourth-order valence-electron chi connectivity index (χ4n) is 3.53. The first-order valence-electron chi connectivity index (χ1n) is 10.9. The highest BCUT2D eigenvalue weighted by Crippen LogP contribution is 2.28. The number of nitro groups is 1. The standard InChI is InChI=1S/C21H24ClN7O4S/c1-2-11-34-21-25-18(27-7-9-33-10-8-27)16-13-24-28(19(16)26-21)6-5-23-20(30)15-12-14(29(31)32)3-4-17(15)22/h3-4,12-13H,2,5-11H2,1H3,(H,23,30). The molecule has 1 aliphatic heterocycles. The van der Waals surface area contributed by atoms with Crippen molar-refractivity contribution in [3.05, 3.63) is 45.1 Å². The number of benzene rings is 1. The molecule has 11 nitrogen and oxygen atoms in total. The van der Waals surface area contributed by atoms with E-state index in [9.17, 15) is 14.9 Å². The number of nitrogens with zero attached hydrogens (tertiary/aromatic N) is 6. The second kappa shape index (κ2) is 11.0. The van der Waals surface area contributed by atoms with Crippen LogP contribution in [0.25, 0.3) is 11.0 Å². The van der Waals surface area contributed by atoms with E-state index in [0.29, 0.717) is 30.6 Å². The number of nitrogens with one attached hydrogen (secondary N) is 1. The molecular weight excluding hydrogens is 482 g/mol. The highest BCUT2D eigenvalue weighted by atomic mass is 35.5. The minimum absolute atomic E-state index is 0.0522. The van der Waals surface area contributed by atoms with Crippen molar-refractivity contribution < 1.29 is 14.5 Å². The van der Waals surface area contributed by atoms with Gasteiger partial charge in [-0.15, -0.1) is 0 Å². The molecule has 0 atom stereocenters. The van der Waals surface area contributed by atoms with Crippen LogP contribution < -0.4 is 10.2 Å². The molecule has 13 heteroatoms. The van der Waals surface area contributed by atoms with Crippen molar-refractivity contribution in [2.45, 2.75) is 25.0 Å². The van der Waals surface area contributed by atoms with Crippen LogP contribution in [0.2, 0.25) is 5.02 Å². The molecule has 1 aromatic carbocycles. The largest absolute Gasteiger partial charge is 0.378 e. The zero-order chi connectivity index (χ0) is 24.1. The summed E-state index contributed by atoms with van der Waals surface area (Å²) in [5, 5.41) is 19.9. The molecule has 1 amide bonds. The fraction of sp³-hybridized carbons (Fsp3) is 0.429. The number of thioether (sulfide) groups is 1. The lowest BCUT2D eigenvalue weighted by atomic mass is 10.2. The maximum Gasteiger partial charge on any atom is 0.270 e. The summed E-state index contributed by atoms with van der Waals surface area (Å²) in [6.07, 6.45) is 2.75. The number of non-ortho nitro benzene ring substituents is 1. The summed E-state index contributed by atoms with van der Waals surface area (Å²) in [5.74, 6) is 1.25. The van der Waals surface area contributed by atoms with E-state index in [4.69, 9.17) is 26.3 Å². The third kappa shape index (κ3) is 5.40. The molecule has 3 aromatic rings. The van der Waals surface area contributed by atoms with Gasteiger partial charge in [-0.1, -0.05) is 30.3 Å². The highest BCUT2D eigenvalue weighted by Gasteiger charge is 2.21. The number of morpholine rings is 1. The van der Waals surface area contributed by atoms with Crippen molar-refractivity contribution in [2.24, 2.45) is 0 Å². The van der Waals surface area contributed by atoms with E-state index in [2.05, 4.69) is 22.2 Å². The van der Waals surface area contributed by atoms with Crippen molar-refractivity contribution in [1.82, 2.24) is 25.1 Å². The molecule has 0 spiro atoms. The van der Waals surface area contributed by atoms with Gasteiger partial charge in [-0.3, -0.25) is 14.9 Å². The van der Waals surface area contributed by atoms with Gasteiger partial charge in [0.25, 0.3) is 11.6 Å². The Morgan fingerprint density at radius 1 is 1.32 bits per heavy atom. The summed E-state index contributed by atoms with van der Waals surface area (Å²) in [7, 11) is 0. The van der Waals surface area contributed by atoms with Crippen LogP contribution in [0.1, 0.15) is 23.7 Å². The molecule has 1 fully saturated rings. The molecule has 1 saturated heterocycles. The number of ether oxygens (including phenoxy) is 1. The van der Waals surface area contributed by atoms with Gasteiger partial charge in [0.1, 0.15) is 5.82 Å². The maximum absolute atomic E-state index is 12.6. The van der Waals surface area contributed by atoms with Crippen molar-refractivity contribution >= 4 is 51.8 Å². The summed E-state index contributed by atoms with van der Waals surface area (Å²) >= 11 is 7.66. The summed E-state index contributed by atoms with van der Waals surface area (Å²) < 4.78 is 7.20. The minimum atomic E-state index is -0.567. The maximum atomic E-state index is 12.6. The van der Waals surface area contributed by atoms with Gasteiger partial charge in [-0.2, -0.15) is 5.10 Å². The number of hydrogen-bond acceptors (Lipinski definition) is 9. The van der Waals surface area contributed by atoms with Gasteiger partial charge in [-0.05, 0) is 12.5 Å². The first-order chi connectivity index (χ1) is 16.5. The Bertz CT molecular complexity index is 1200. The predicted molar refractivity (Wildman–Crippen MR) is 130 cm³/mol. The number of anilines is 1. The molecule has 0 bridgehead atoms. The molecular formula is C21H24ClN7O4S. The smallest absolute Gasteiger partial charge is 0.270 e. The van der Waals surface area contributed by atoms with Crippen LogP contribution in [0.5, 0.6) is 0 Å². The normalized spacial score (nSPS) is 13.9. The molecule has 0 radical (unpaired) electrons. The van der Waals surface area contributed by atoms with E-state index in [-0.39, 0.29) is 22.8 Å². The van der Waals surface area contributed by atoms with Crippen molar-refractivity contribution in [1.29, 1.82) is 0 Å².